The lowest BCUT2D eigenvalue weighted by atomic mass is 10.1. The third-order valence-electron chi connectivity index (χ3n) is 5.54. The Hall–Kier alpha value is -2.72. The van der Waals surface area contributed by atoms with Gasteiger partial charge in [-0.2, -0.15) is 0 Å². The summed E-state index contributed by atoms with van der Waals surface area (Å²) in [6.45, 7) is 4.79. The third kappa shape index (κ3) is 3.97. The first-order valence-electron chi connectivity index (χ1n) is 9.96. The number of amides is 1. The molecule has 2 aliphatic rings. The van der Waals surface area contributed by atoms with E-state index in [0.717, 1.165) is 5.69 Å². The molecule has 0 radical (unpaired) electrons. The maximum absolute atomic E-state index is 13.3. The van der Waals surface area contributed by atoms with Gasteiger partial charge in [-0.05, 0) is 23.8 Å². The number of rotatable bonds is 5. The summed E-state index contributed by atoms with van der Waals surface area (Å²) in [7, 11) is -3.59. The van der Waals surface area contributed by atoms with Gasteiger partial charge in [-0.3, -0.25) is 4.79 Å². The summed E-state index contributed by atoms with van der Waals surface area (Å²) in [5.74, 6) is 0.134. The van der Waals surface area contributed by atoms with E-state index in [1.54, 1.807) is 36.4 Å². The van der Waals surface area contributed by atoms with Gasteiger partial charge < -0.3 is 20.3 Å². The topological polar surface area (TPSA) is 119 Å². The number of carbonyl (C=O) groups is 1. The summed E-state index contributed by atoms with van der Waals surface area (Å²) in [5.41, 5.74) is 7.80. The van der Waals surface area contributed by atoms with Crippen LogP contribution in [0.4, 0.5) is 11.6 Å². The van der Waals surface area contributed by atoms with Crippen LogP contribution >= 0.6 is 0 Å². The first-order chi connectivity index (χ1) is 14.4. The van der Waals surface area contributed by atoms with E-state index < -0.39 is 15.1 Å². The highest BCUT2D eigenvalue weighted by molar-refractivity contribution is 7.92. The Morgan fingerprint density at radius 3 is 2.43 bits per heavy atom. The largest absolute Gasteiger partial charge is 0.378 e. The molecular formula is C20H25N5O4S. The molecule has 2 N–H and O–H groups in total. The lowest BCUT2D eigenvalue weighted by Crippen LogP contribution is -2.56. The minimum atomic E-state index is -3.59. The van der Waals surface area contributed by atoms with Gasteiger partial charge in [0.1, 0.15) is 5.25 Å². The number of aromatic nitrogens is 2. The Morgan fingerprint density at radius 2 is 1.80 bits per heavy atom. The standard InChI is InChI=1S/C20H25N5O4S/c1-2-19(26)25-12-18(13-25)30(27,28)17-8-14(15-10-22-20(21)23-11-15)7-16(9-17)24-3-5-29-6-4-24/h7-11,18H,2-6,12-13H2,1H3,(H2,21,22,23). The fourth-order valence-corrected chi connectivity index (χ4v) is 5.37. The van der Waals surface area contributed by atoms with Gasteiger partial charge in [0, 0.05) is 56.2 Å². The van der Waals surface area contributed by atoms with Crippen LogP contribution in [0.3, 0.4) is 0 Å². The van der Waals surface area contributed by atoms with E-state index in [2.05, 4.69) is 14.9 Å². The van der Waals surface area contributed by atoms with E-state index in [9.17, 15) is 13.2 Å². The van der Waals surface area contributed by atoms with Gasteiger partial charge in [0.05, 0.1) is 18.1 Å². The molecule has 1 amide bonds. The van der Waals surface area contributed by atoms with Crippen molar-refractivity contribution >= 4 is 27.4 Å². The van der Waals surface area contributed by atoms with Crippen molar-refractivity contribution in [2.45, 2.75) is 23.5 Å². The normalized spacial score (nSPS) is 17.6. The summed E-state index contributed by atoms with van der Waals surface area (Å²) < 4.78 is 32.0. The van der Waals surface area contributed by atoms with Gasteiger partial charge in [0.15, 0.2) is 9.84 Å². The average Bonchev–Trinajstić information content (AvgIpc) is 2.73. The molecule has 30 heavy (non-hydrogen) atoms. The highest BCUT2D eigenvalue weighted by atomic mass is 32.2. The monoisotopic (exact) mass is 431 g/mol. The Bertz CT molecular complexity index is 1030. The van der Waals surface area contributed by atoms with Gasteiger partial charge in [-0.1, -0.05) is 6.92 Å². The van der Waals surface area contributed by atoms with Crippen molar-refractivity contribution in [3.8, 4) is 11.1 Å². The quantitative estimate of drug-likeness (QED) is 0.743. The molecule has 0 spiro atoms. The maximum atomic E-state index is 13.3. The summed E-state index contributed by atoms with van der Waals surface area (Å²) in [6, 6.07) is 5.30. The second-order valence-corrected chi connectivity index (χ2v) is 9.69. The Balaban J connectivity index is 1.70. The predicted octanol–water partition coefficient (Wildman–Crippen LogP) is 0.957. The Kier molecular flexibility index (Phi) is 5.61. The number of anilines is 2. The van der Waals surface area contributed by atoms with Crippen molar-refractivity contribution in [3.05, 3.63) is 30.6 Å². The number of sulfone groups is 1. The van der Waals surface area contributed by atoms with Crippen LogP contribution in [0.25, 0.3) is 11.1 Å². The molecule has 0 bridgehead atoms. The number of nitrogen functional groups attached to an aromatic ring is 1. The zero-order chi connectivity index (χ0) is 21.3. The fourth-order valence-electron chi connectivity index (χ4n) is 3.66. The maximum Gasteiger partial charge on any atom is 0.222 e. The smallest absolute Gasteiger partial charge is 0.222 e. The molecule has 2 saturated heterocycles. The van der Waals surface area contributed by atoms with Crippen molar-refractivity contribution in [2.75, 3.05) is 50.0 Å². The molecule has 2 fully saturated rings. The minimum Gasteiger partial charge on any atom is -0.378 e. The van der Waals surface area contributed by atoms with Crippen LogP contribution in [0.5, 0.6) is 0 Å². The van der Waals surface area contributed by atoms with Crippen molar-refractivity contribution in [3.63, 3.8) is 0 Å². The van der Waals surface area contributed by atoms with Crippen LogP contribution in [0.15, 0.2) is 35.5 Å². The second kappa shape index (κ2) is 8.19. The molecule has 0 atom stereocenters. The number of nitrogens with two attached hydrogens (primary N) is 1. The lowest BCUT2D eigenvalue weighted by Gasteiger charge is -2.38. The summed E-state index contributed by atoms with van der Waals surface area (Å²) in [5, 5.41) is -0.594. The van der Waals surface area contributed by atoms with E-state index in [4.69, 9.17) is 10.5 Å². The number of morpholine rings is 1. The molecule has 1 aromatic heterocycles. The molecule has 3 heterocycles. The summed E-state index contributed by atoms with van der Waals surface area (Å²) in [6.07, 6.45) is 3.55. The SMILES string of the molecule is CCC(=O)N1CC(S(=O)(=O)c2cc(-c3cnc(N)nc3)cc(N3CCOCC3)c2)C1. The number of likely N-dealkylation sites (tertiary alicyclic amines) is 1. The van der Waals surface area contributed by atoms with Crippen LogP contribution in [0.1, 0.15) is 13.3 Å². The molecule has 0 aliphatic carbocycles. The first kappa shape index (κ1) is 20.5. The highest BCUT2D eigenvalue weighted by Gasteiger charge is 2.40. The third-order valence-corrected chi connectivity index (χ3v) is 7.61. The Morgan fingerprint density at radius 1 is 1.13 bits per heavy atom. The second-order valence-electron chi connectivity index (χ2n) is 7.46. The van der Waals surface area contributed by atoms with Gasteiger partial charge >= 0.3 is 0 Å². The van der Waals surface area contributed by atoms with Gasteiger partial charge in [0.2, 0.25) is 11.9 Å². The zero-order valence-corrected chi connectivity index (χ0v) is 17.6. The van der Waals surface area contributed by atoms with Gasteiger partial charge in [-0.15, -0.1) is 0 Å². The van der Waals surface area contributed by atoms with Crippen LogP contribution in [0, 0.1) is 0 Å². The minimum absolute atomic E-state index is 0.0248. The van der Waals surface area contributed by atoms with E-state index >= 15 is 0 Å². The van der Waals surface area contributed by atoms with Crippen LogP contribution in [0.2, 0.25) is 0 Å². The van der Waals surface area contributed by atoms with Crippen molar-refractivity contribution in [1.29, 1.82) is 0 Å². The van der Waals surface area contributed by atoms with E-state index in [-0.39, 0.29) is 29.8 Å². The van der Waals surface area contributed by atoms with E-state index in [0.29, 0.717) is 43.9 Å². The van der Waals surface area contributed by atoms with Crippen LogP contribution in [-0.2, 0) is 19.4 Å². The number of hydrogen-bond donors (Lipinski definition) is 1. The van der Waals surface area contributed by atoms with Gasteiger partial charge in [0.25, 0.3) is 0 Å². The zero-order valence-electron chi connectivity index (χ0n) is 16.8. The first-order valence-corrected chi connectivity index (χ1v) is 11.5. The van der Waals surface area contributed by atoms with Gasteiger partial charge in [-0.25, -0.2) is 18.4 Å². The Labute approximate surface area is 175 Å². The molecule has 9 nitrogen and oxygen atoms in total. The molecule has 10 heteroatoms. The highest BCUT2D eigenvalue weighted by Crippen LogP contribution is 2.32. The number of nitrogens with zero attached hydrogens (tertiary/aromatic N) is 4. The fraction of sp³-hybridized carbons (Fsp3) is 0.450. The van der Waals surface area contributed by atoms with Crippen molar-refractivity contribution < 1.29 is 17.9 Å². The summed E-state index contributed by atoms with van der Waals surface area (Å²) in [4.78, 5) is 23.8. The van der Waals surface area contributed by atoms with E-state index in [1.165, 1.54) is 0 Å². The van der Waals surface area contributed by atoms with Crippen molar-refractivity contribution in [1.82, 2.24) is 14.9 Å². The molecular weight excluding hydrogens is 406 g/mol. The van der Waals surface area contributed by atoms with Crippen LogP contribution < -0.4 is 10.6 Å². The molecule has 0 saturated carbocycles. The molecule has 0 unspecified atom stereocenters. The van der Waals surface area contributed by atoms with E-state index in [1.807, 2.05) is 6.07 Å². The lowest BCUT2D eigenvalue weighted by molar-refractivity contribution is -0.133. The number of ether oxygens (including phenoxy) is 1. The van der Waals surface area contributed by atoms with Crippen molar-refractivity contribution in [2.24, 2.45) is 0 Å². The summed E-state index contributed by atoms with van der Waals surface area (Å²) >= 11 is 0. The molecule has 1 aromatic carbocycles. The molecule has 4 rings (SSSR count). The molecule has 2 aliphatic heterocycles. The number of carbonyl (C=O) groups excluding carboxylic acids is 1. The molecule has 160 valence electrons. The average molecular weight is 432 g/mol. The number of benzene rings is 1. The van der Waals surface area contributed by atoms with Crippen LogP contribution in [-0.4, -0.2) is 73.8 Å². The molecule has 2 aromatic rings. The predicted molar refractivity (Wildman–Crippen MR) is 113 cm³/mol. The number of hydrogen-bond acceptors (Lipinski definition) is 8.